The minimum absolute atomic E-state index is 0.569. The molecule has 0 radical (unpaired) electrons. The summed E-state index contributed by atoms with van der Waals surface area (Å²) in [6.07, 6.45) is 2.02. The summed E-state index contributed by atoms with van der Waals surface area (Å²) < 4.78 is 7.03. The molecule has 12 aromatic rings. The molecule has 9 aromatic carbocycles. The van der Waals surface area contributed by atoms with Crippen molar-refractivity contribution >= 4 is 82.9 Å². The van der Waals surface area contributed by atoms with Crippen LogP contribution >= 0.6 is 0 Å². The van der Waals surface area contributed by atoms with E-state index in [1.807, 2.05) is 24.4 Å². The number of aromatic nitrogens is 3. The number of aliphatic imine (C=N–C) groups is 2. The number of amidine groups is 1. The van der Waals surface area contributed by atoms with E-state index in [2.05, 4.69) is 219 Å². The van der Waals surface area contributed by atoms with Crippen LogP contribution in [0.5, 0.6) is 0 Å². The van der Waals surface area contributed by atoms with Gasteiger partial charge < -0.3 is 14.5 Å². The van der Waals surface area contributed by atoms with Crippen molar-refractivity contribution in [3.05, 3.63) is 236 Å². The minimum Gasteiger partial charge on any atom is -0.344 e. The molecule has 0 saturated carbocycles. The number of nitrogens with zero attached hydrogens (tertiary/aromatic N) is 5. The first-order valence-electron chi connectivity index (χ1n) is 21.7. The van der Waals surface area contributed by atoms with Crippen LogP contribution in [0.1, 0.15) is 11.1 Å². The first kappa shape index (κ1) is 36.0. The summed E-state index contributed by atoms with van der Waals surface area (Å²) in [7, 11) is 0. The highest BCUT2D eigenvalue weighted by Crippen LogP contribution is 2.43. The van der Waals surface area contributed by atoms with Crippen LogP contribution in [0.2, 0.25) is 0 Å². The van der Waals surface area contributed by atoms with Crippen molar-refractivity contribution in [3.63, 3.8) is 0 Å². The highest BCUT2D eigenvalue weighted by Gasteiger charge is 2.25. The van der Waals surface area contributed by atoms with Gasteiger partial charge in [0.1, 0.15) is 5.84 Å². The second-order valence-corrected chi connectivity index (χ2v) is 16.3. The molecule has 0 amide bonds. The Balaban J connectivity index is 1.09. The molecule has 0 unspecified atom stereocenters. The molecule has 1 N–H and O–H groups in total. The molecule has 1 aliphatic rings. The highest BCUT2D eigenvalue weighted by atomic mass is 15.2. The van der Waals surface area contributed by atoms with Gasteiger partial charge in [0.15, 0.2) is 0 Å². The number of para-hydroxylation sites is 5. The zero-order valence-corrected chi connectivity index (χ0v) is 34.6. The highest BCUT2D eigenvalue weighted by molar-refractivity contribution is 6.30. The lowest BCUT2D eigenvalue weighted by atomic mass is 10.0. The summed E-state index contributed by atoms with van der Waals surface area (Å²) in [5, 5.41) is 10.7. The Labute approximate surface area is 368 Å². The van der Waals surface area contributed by atoms with E-state index in [9.17, 15) is 0 Å². The topological polar surface area (TPSA) is 51.5 Å². The fourth-order valence-electron chi connectivity index (χ4n) is 9.95. The van der Waals surface area contributed by atoms with Crippen molar-refractivity contribution in [1.29, 1.82) is 0 Å². The summed E-state index contributed by atoms with van der Waals surface area (Å²) >= 11 is 0. The Kier molecular flexibility index (Phi) is 8.11. The van der Waals surface area contributed by atoms with E-state index < -0.39 is 0 Å². The maximum atomic E-state index is 5.63. The molecule has 0 aliphatic carbocycles. The van der Waals surface area contributed by atoms with E-state index >= 15 is 0 Å². The SMILES string of the molecule is C1=C(c2cccc3c4ccccc4n(-c4ccccc4)c23)N=C(n2c3ccccc3c3c4c5ccccc5n(-c5cccc(-c6ccccc6)c5)c4ccc32)N=C(c2ccccc2)N1. The van der Waals surface area contributed by atoms with Crippen LogP contribution in [0.25, 0.3) is 93.6 Å². The van der Waals surface area contributed by atoms with Crippen molar-refractivity contribution in [3.8, 4) is 22.5 Å². The molecule has 64 heavy (non-hydrogen) atoms. The molecule has 1 aliphatic heterocycles. The number of rotatable bonds is 5. The Morgan fingerprint density at radius 1 is 0.344 bits per heavy atom. The third kappa shape index (κ3) is 5.52. The van der Waals surface area contributed by atoms with E-state index in [4.69, 9.17) is 9.98 Å². The molecule has 0 saturated heterocycles. The maximum absolute atomic E-state index is 5.63. The van der Waals surface area contributed by atoms with Crippen LogP contribution in [0.15, 0.2) is 235 Å². The third-order valence-electron chi connectivity index (χ3n) is 12.7. The van der Waals surface area contributed by atoms with Crippen LogP contribution in [0.4, 0.5) is 0 Å². The average molecular weight is 819 g/mol. The Morgan fingerprint density at radius 2 is 0.859 bits per heavy atom. The van der Waals surface area contributed by atoms with Crippen LogP contribution in [-0.4, -0.2) is 25.5 Å². The van der Waals surface area contributed by atoms with Crippen molar-refractivity contribution in [2.24, 2.45) is 9.98 Å². The van der Waals surface area contributed by atoms with Gasteiger partial charge in [-0.05, 0) is 65.7 Å². The number of fused-ring (bicyclic) bond motifs is 10. The number of hydrogen-bond donors (Lipinski definition) is 1. The molecular weight excluding hydrogens is 781 g/mol. The molecule has 3 aromatic heterocycles. The largest absolute Gasteiger partial charge is 0.344 e. The summed E-state index contributed by atoms with van der Waals surface area (Å²) in [4.78, 5) is 11.1. The molecular formula is C58H38N6. The summed E-state index contributed by atoms with van der Waals surface area (Å²) in [6, 6.07) is 77.5. The van der Waals surface area contributed by atoms with E-state index in [1.165, 1.54) is 27.3 Å². The van der Waals surface area contributed by atoms with Gasteiger partial charge >= 0.3 is 0 Å². The van der Waals surface area contributed by atoms with Crippen LogP contribution in [0, 0.1) is 0 Å². The van der Waals surface area contributed by atoms with Gasteiger partial charge in [0.2, 0.25) is 5.96 Å². The van der Waals surface area contributed by atoms with Crippen LogP contribution < -0.4 is 5.32 Å². The Hall–Kier alpha value is -8.74. The predicted molar refractivity (Wildman–Crippen MR) is 267 cm³/mol. The average Bonchev–Trinajstić information content (AvgIpc) is 3.94. The maximum Gasteiger partial charge on any atom is 0.237 e. The summed E-state index contributed by atoms with van der Waals surface area (Å²) in [6.45, 7) is 0. The molecule has 4 heterocycles. The second kappa shape index (κ2) is 14.4. The molecule has 6 nitrogen and oxygen atoms in total. The molecule has 0 bridgehead atoms. The first-order chi connectivity index (χ1) is 31.8. The quantitative estimate of drug-likeness (QED) is 0.185. The lowest BCUT2D eigenvalue weighted by Crippen LogP contribution is -2.21. The second-order valence-electron chi connectivity index (χ2n) is 16.3. The van der Waals surface area contributed by atoms with Gasteiger partial charge in [0.25, 0.3) is 0 Å². The summed E-state index contributed by atoms with van der Waals surface area (Å²) in [5.41, 5.74) is 13.9. The Bertz CT molecular complexity index is 3900. The lowest BCUT2D eigenvalue weighted by molar-refractivity contribution is 1.17. The Morgan fingerprint density at radius 3 is 1.56 bits per heavy atom. The van der Waals surface area contributed by atoms with Gasteiger partial charge in [0, 0.05) is 61.0 Å². The third-order valence-corrected chi connectivity index (χ3v) is 12.7. The van der Waals surface area contributed by atoms with Crippen molar-refractivity contribution in [2.45, 2.75) is 0 Å². The number of hydrogen-bond acceptors (Lipinski definition) is 3. The van der Waals surface area contributed by atoms with Crippen molar-refractivity contribution in [1.82, 2.24) is 19.0 Å². The zero-order chi connectivity index (χ0) is 42.1. The van der Waals surface area contributed by atoms with Gasteiger partial charge in [-0.15, -0.1) is 0 Å². The van der Waals surface area contributed by atoms with Gasteiger partial charge in [-0.2, -0.15) is 4.99 Å². The standard InChI is InChI=1S/C58H38N6/c1-4-18-38(19-5-1)40-22-16-25-42(36-40)62-50-32-14-11-27-46(50)54-52(62)34-35-53-55(54)47-28-12-15-33-51(47)64(53)58-60-48(37-59-57(61-58)39-20-6-2-7-21-39)45-30-17-29-44-43-26-10-13-31-49(43)63(56(44)45)41-23-8-3-9-24-41/h1-37H,(H,59,60,61). The van der Waals surface area contributed by atoms with E-state index in [0.29, 0.717) is 11.8 Å². The number of nitrogens with one attached hydrogen (secondary N) is 1. The molecule has 0 spiro atoms. The van der Waals surface area contributed by atoms with Gasteiger partial charge in [-0.3, -0.25) is 4.57 Å². The normalized spacial score (nSPS) is 13.1. The fourth-order valence-corrected chi connectivity index (χ4v) is 9.95. The lowest BCUT2D eigenvalue weighted by Gasteiger charge is -2.12. The van der Waals surface area contributed by atoms with Crippen molar-refractivity contribution in [2.75, 3.05) is 0 Å². The molecule has 13 rings (SSSR count). The minimum atomic E-state index is 0.569. The van der Waals surface area contributed by atoms with Gasteiger partial charge in [-0.1, -0.05) is 164 Å². The molecule has 0 atom stereocenters. The monoisotopic (exact) mass is 818 g/mol. The predicted octanol–water partition coefficient (Wildman–Crippen LogP) is 13.9. The fraction of sp³-hybridized carbons (Fsp3) is 0. The molecule has 300 valence electrons. The van der Waals surface area contributed by atoms with Gasteiger partial charge in [-0.25, -0.2) is 4.99 Å². The van der Waals surface area contributed by atoms with Crippen molar-refractivity contribution < 1.29 is 0 Å². The number of benzene rings is 9. The summed E-state index contributed by atoms with van der Waals surface area (Å²) in [5.74, 6) is 1.28. The van der Waals surface area contributed by atoms with E-state index in [1.54, 1.807) is 0 Å². The van der Waals surface area contributed by atoms with Crippen LogP contribution in [-0.2, 0) is 0 Å². The first-order valence-corrected chi connectivity index (χ1v) is 21.7. The smallest absolute Gasteiger partial charge is 0.237 e. The van der Waals surface area contributed by atoms with Gasteiger partial charge in [0.05, 0.1) is 38.8 Å². The molecule has 6 heteroatoms. The van der Waals surface area contributed by atoms with Crippen LogP contribution in [0.3, 0.4) is 0 Å². The van der Waals surface area contributed by atoms with E-state index in [-0.39, 0.29) is 0 Å². The zero-order valence-electron chi connectivity index (χ0n) is 34.6. The van der Waals surface area contributed by atoms with E-state index in [0.717, 1.165) is 77.5 Å². The molecule has 0 fully saturated rings.